The van der Waals surface area contributed by atoms with E-state index in [0.717, 1.165) is 16.8 Å². The third-order valence-electron chi connectivity index (χ3n) is 1.76. The monoisotopic (exact) mass is 272 g/mol. The quantitative estimate of drug-likeness (QED) is 0.738. The largest absolute Gasteiger partial charge is 0.491 e. The van der Waals surface area contributed by atoms with E-state index < -0.39 is 0 Å². The van der Waals surface area contributed by atoms with Crippen LogP contribution in [0.4, 0.5) is 0 Å². The third kappa shape index (κ3) is 5.80. The van der Waals surface area contributed by atoms with Gasteiger partial charge in [0.05, 0.1) is 6.61 Å². The Morgan fingerprint density at radius 2 is 1.80 bits per heavy atom. The zero-order valence-electron chi connectivity index (χ0n) is 9.20. The average molecular weight is 273 g/mol. The van der Waals surface area contributed by atoms with Gasteiger partial charge in [0, 0.05) is 11.1 Å². The summed E-state index contributed by atoms with van der Waals surface area (Å²) in [6.07, 6.45) is 0. The van der Waals surface area contributed by atoms with Gasteiger partial charge in [-0.2, -0.15) is 0 Å². The molecule has 3 heteroatoms. The predicted molar refractivity (Wildman–Crippen MR) is 65.3 cm³/mol. The second-order valence-corrected chi connectivity index (χ2v) is 4.69. The molecule has 0 bridgehead atoms. The average Bonchev–Trinajstić information content (AvgIpc) is 2.20. The highest BCUT2D eigenvalue weighted by Gasteiger charge is 1.95. The van der Waals surface area contributed by atoms with Crippen LogP contribution in [-0.4, -0.2) is 19.8 Å². The van der Waals surface area contributed by atoms with Gasteiger partial charge >= 0.3 is 0 Å². The van der Waals surface area contributed by atoms with Crippen LogP contribution in [0.2, 0.25) is 0 Å². The molecule has 0 atom stereocenters. The predicted octanol–water partition coefficient (Wildman–Crippen LogP) is 3.50. The lowest BCUT2D eigenvalue weighted by atomic mass is 10.2. The molecule has 2 nitrogen and oxygen atoms in total. The molecule has 0 saturated carbocycles. The van der Waals surface area contributed by atoms with Crippen LogP contribution in [0.1, 0.15) is 13.8 Å². The van der Waals surface area contributed by atoms with Gasteiger partial charge in [-0.05, 0) is 30.2 Å². The second kappa shape index (κ2) is 6.85. The molecule has 84 valence electrons. The first-order valence-corrected chi connectivity index (χ1v) is 5.94. The first kappa shape index (κ1) is 12.5. The van der Waals surface area contributed by atoms with Gasteiger partial charge in [0.1, 0.15) is 12.4 Å². The molecule has 1 aromatic rings. The zero-order valence-corrected chi connectivity index (χ0v) is 10.8. The first-order chi connectivity index (χ1) is 7.18. The zero-order chi connectivity index (χ0) is 11.1. The summed E-state index contributed by atoms with van der Waals surface area (Å²) in [6, 6.07) is 7.80. The Kier molecular flexibility index (Phi) is 5.73. The van der Waals surface area contributed by atoms with E-state index in [1.807, 2.05) is 24.3 Å². The molecule has 0 amide bonds. The number of rotatable bonds is 6. The van der Waals surface area contributed by atoms with Crippen LogP contribution in [0.5, 0.6) is 5.75 Å². The van der Waals surface area contributed by atoms with Crippen LogP contribution in [0.3, 0.4) is 0 Å². The van der Waals surface area contributed by atoms with Crippen LogP contribution in [0, 0.1) is 5.92 Å². The molecule has 0 spiro atoms. The van der Waals surface area contributed by atoms with E-state index in [9.17, 15) is 0 Å². The van der Waals surface area contributed by atoms with Crippen molar-refractivity contribution in [3.63, 3.8) is 0 Å². The molecule has 0 heterocycles. The fourth-order valence-electron chi connectivity index (χ4n) is 1.07. The minimum atomic E-state index is 0.581. The molecule has 1 rings (SSSR count). The molecule has 0 aliphatic heterocycles. The molecule has 0 fully saturated rings. The Hall–Kier alpha value is -0.540. The van der Waals surface area contributed by atoms with Crippen molar-refractivity contribution in [2.45, 2.75) is 13.8 Å². The Morgan fingerprint density at radius 3 is 2.40 bits per heavy atom. The van der Waals surface area contributed by atoms with Gasteiger partial charge in [-0.1, -0.05) is 29.8 Å². The highest BCUT2D eigenvalue weighted by atomic mass is 79.9. The standard InChI is InChI=1S/C12H17BrO2/c1-10(2)9-14-7-8-15-12-5-3-11(13)4-6-12/h3-6,10H,7-9H2,1-2H3. The second-order valence-electron chi connectivity index (χ2n) is 3.77. The molecule has 0 aliphatic rings. The summed E-state index contributed by atoms with van der Waals surface area (Å²) < 4.78 is 12.0. The van der Waals surface area contributed by atoms with Gasteiger partial charge in [0.2, 0.25) is 0 Å². The highest BCUT2D eigenvalue weighted by molar-refractivity contribution is 9.10. The van der Waals surface area contributed by atoms with Gasteiger partial charge in [-0.3, -0.25) is 0 Å². The van der Waals surface area contributed by atoms with Crippen molar-refractivity contribution in [1.82, 2.24) is 0 Å². The Bertz CT molecular complexity index is 269. The number of benzene rings is 1. The van der Waals surface area contributed by atoms with Crippen LogP contribution in [-0.2, 0) is 4.74 Å². The third-order valence-corrected chi connectivity index (χ3v) is 2.29. The van der Waals surface area contributed by atoms with E-state index in [-0.39, 0.29) is 0 Å². The van der Waals surface area contributed by atoms with Crippen LogP contribution in [0.15, 0.2) is 28.7 Å². The van der Waals surface area contributed by atoms with Crippen molar-refractivity contribution >= 4 is 15.9 Å². The molecule has 0 aliphatic carbocycles. The summed E-state index contributed by atoms with van der Waals surface area (Å²) in [5.41, 5.74) is 0. The maximum Gasteiger partial charge on any atom is 0.119 e. The molecule has 0 radical (unpaired) electrons. The maximum atomic E-state index is 5.50. The molecule has 0 N–H and O–H groups in total. The summed E-state index contributed by atoms with van der Waals surface area (Å²) in [6.45, 7) is 6.32. The van der Waals surface area contributed by atoms with Crippen molar-refractivity contribution in [3.8, 4) is 5.75 Å². The van der Waals surface area contributed by atoms with E-state index >= 15 is 0 Å². The van der Waals surface area contributed by atoms with Crippen LogP contribution >= 0.6 is 15.9 Å². The first-order valence-electron chi connectivity index (χ1n) is 5.14. The Morgan fingerprint density at radius 1 is 1.13 bits per heavy atom. The number of hydrogen-bond acceptors (Lipinski definition) is 2. The molecular weight excluding hydrogens is 256 g/mol. The van der Waals surface area contributed by atoms with E-state index in [0.29, 0.717) is 19.1 Å². The molecule has 15 heavy (non-hydrogen) atoms. The van der Waals surface area contributed by atoms with E-state index in [4.69, 9.17) is 9.47 Å². The fraction of sp³-hybridized carbons (Fsp3) is 0.500. The molecule has 0 saturated heterocycles. The summed E-state index contributed by atoms with van der Waals surface area (Å²) in [7, 11) is 0. The van der Waals surface area contributed by atoms with Crippen molar-refractivity contribution in [3.05, 3.63) is 28.7 Å². The minimum absolute atomic E-state index is 0.581. The number of hydrogen-bond donors (Lipinski definition) is 0. The maximum absolute atomic E-state index is 5.50. The van der Waals surface area contributed by atoms with Crippen LogP contribution < -0.4 is 4.74 Å². The van der Waals surface area contributed by atoms with Crippen LogP contribution in [0.25, 0.3) is 0 Å². The van der Waals surface area contributed by atoms with E-state index in [1.54, 1.807) is 0 Å². The van der Waals surface area contributed by atoms with Gasteiger partial charge in [0.15, 0.2) is 0 Å². The topological polar surface area (TPSA) is 18.5 Å². The van der Waals surface area contributed by atoms with E-state index in [2.05, 4.69) is 29.8 Å². The molecular formula is C12H17BrO2. The van der Waals surface area contributed by atoms with Gasteiger partial charge in [-0.25, -0.2) is 0 Å². The summed E-state index contributed by atoms with van der Waals surface area (Å²) >= 11 is 3.37. The lowest BCUT2D eigenvalue weighted by Crippen LogP contribution is -2.10. The lowest BCUT2D eigenvalue weighted by molar-refractivity contribution is 0.0819. The normalized spacial score (nSPS) is 10.7. The lowest BCUT2D eigenvalue weighted by Gasteiger charge is -2.08. The smallest absolute Gasteiger partial charge is 0.119 e. The van der Waals surface area contributed by atoms with E-state index in [1.165, 1.54) is 0 Å². The molecule has 0 aromatic heterocycles. The highest BCUT2D eigenvalue weighted by Crippen LogP contribution is 2.15. The SMILES string of the molecule is CC(C)COCCOc1ccc(Br)cc1. The summed E-state index contributed by atoms with van der Waals surface area (Å²) in [4.78, 5) is 0. The summed E-state index contributed by atoms with van der Waals surface area (Å²) in [5.74, 6) is 1.46. The van der Waals surface area contributed by atoms with Crippen molar-refractivity contribution in [2.75, 3.05) is 19.8 Å². The van der Waals surface area contributed by atoms with Gasteiger partial charge in [0.25, 0.3) is 0 Å². The van der Waals surface area contributed by atoms with Crippen molar-refractivity contribution in [1.29, 1.82) is 0 Å². The fourth-order valence-corrected chi connectivity index (χ4v) is 1.33. The minimum Gasteiger partial charge on any atom is -0.491 e. The van der Waals surface area contributed by atoms with Crippen molar-refractivity contribution in [2.24, 2.45) is 5.92 Å². The van der Waals surface area contributed by atoms with Gasteiger partial charge < -0.3 is 9.47 Å². The summed E-state index contributed by atoms with van der Waals surface area (Å²) in [5, 5.41) is 0. The Balaban J connectivity index is 2.12. The number of halogens is 1. The Labute approximate surface area is 99.7 Å². The van der Waals surface area contributed by atoms with Crippen molar-refractivity contribution < 1.29 is 9.47 Å². The number of ether oxygens (including phenoxy) is 2. The molecule has 0 unspecified atom stereocenters. The van der Waals surface area contributed by atoms with Gasteiger partial charge in [-0.15, -0.1) is 0 Å². The molecule has 1 aromatic carbocycles.